The molecule has 6 nitrogen and oxygen atoms in total. The summed E-state index contributed by atoms with van der Waals surface area (Å²) in [5, 5.41) is 10.2. The maximum absolute atomic E-state index is 12.2. The number of benzene rings is 2. The second kappa shape index (κ2) is 7.72. The van der Waals surface area contributed by atoms with Crippen molar-refractivity contribution in [1.82, 2.24) is 9.78 Å². The van der Waals surface area contributed by atoms with Crippen LogP contribution in [0.2, 0.25) is 5.02 Å². The highest BCUT2D eigenvalue weighted by Crippen LogP contribution is 2.27. The number of amides is 2. The number of methoxy groups -OCH3 is 1. The van der Waals surface area contributed by atoms with Gasteiger partial charge < -0.3 is 10.1 Å². The molecule has 3 aromatic rings. The van der Waals surface area contributed by atoms with E-state index < -0.39 is 6.03 Å². The van der Waals surface area contributed by atoms with Crippen LogP contribution in [0.15, 0.2) is 60.8 Å². The third kappa shape index (κ3) is 4.51. The first-order valence-corrected chi connectivity index (χ1v) is 8.01. The second-order valence-electron chi connectivity index (χ2n) is 5.31. The summed E-state index contributed by atoms with van der Waals surface area (Å²) in [5.74, 6) is 0.976. The summed E-state index contributed by atoms with van der Waals surface area (Å²) < 4.78 is 6.96. The molecule has 0 aliphatic carbocycles. The number of rotatable bonds is 5. The summed E-state index contributed by atoms with van der Waals surface area (Å²) in [6, 6.07) is 16.3. The zero-order valence-corrected chi connectivity index (χ0v) is 14.3. The van der Waals surface area contributed by atoms with Crippen LogP contribution in [0.1, 0.15) is 5.56 Å². The first kappa shape index (κ1) is 16.9. The molecule has 0 bridgehead atoms. The van der Waals surface area contributed by atoms with Gasteiger partial charge in [0.05, 0.1) is 19.3 Å². The van der Waals surface area contributed by atoms with Gasteiger partial charge in [0.25, 0.3) is 0 Å². The van der Waals surface area contributed by atoms with Crippen LogP contribution in [0.25, 0.3) is 0 Å². The van der Waals surface area contributed by atoms with Gasteiger partial charge in [0, 0.05) is 17.3 Å². The number of urea groups is 1. The molecule has 0 aliphatic rings. The molecule has 0 spiro atoms. The van der Waals surface area contributed by atoms with Gasteiger partial charge in [-0.3, -0.25) is 10.00 Å². The fourth-order valence-electron chi connectivity index (χ4n) is 2.33. The molecule has 0 fully saturated rings. The van der Waals surface area contributed by atoms with Crippen molar-refractivity contribution in [2.75, 3.05) is 17.7 Å². The Balaban J connectivity index is 1.63. The lowest BCUT2D eigenvalue weighted by molar-refractivity contribution is 0.262. The molecule has 0 saturated heterocycles. The Kier molecular flexibility index (Phi) is 5.20. The maximum atomic E-state index is 12.2. The Bertz CT molecular complexity index is 865. The van der Waals surface area contributed by atoms with E-state index in [2.05, 4.69) is 15.7 Å². The molecule has 2 amide bonds. The van der Waals surface area contributed by atoms with E-state index in [4.69, 9.17) is 16.3 Å². The van der Waals surface area contributed by atoms with Crippen LogP contribution in [-0.4, -0.2) is 22.9 Å². The van der Waals surface area contributed by atoms with Crippen molar-refractivity contribution >= 4 is 29.1 Å². The highest BCUT2D eigenvalue weighted by molar-refractivity contribution is 6.31. The fourth-order valence-corrected chi connectivity index (χ4v) is 2.51. The number of ether oxygens (including phenoxy) is 1. The third-order valence-electron chi connectivity index (χ3n) is 3.48. The molecule has 1 aromatic heterocycles. The Hall–Kier alpha value is -2.99. The average Bonchev–Trinajstić information content (AvgIpc) is 3.02. The summed E-state index contributed by atoms with van der Waals surface area (Å²) in [5.41, 5.74) is 1.61. The lowest BCUT2D eigenvalue weighted by atomic mass is 10.2. The van der Waals surface area contributed by atoms with Crippen molar-refractivity contribution in [3.63, 3.8) is 0 Å². The van der Waals surface area contributed by atoms with Gasteiger partial charge in [0.15, 0.2) is 5.82 Å². The van der Waals surface area contributed by atoms with Crippen molar-refractivity contribution in [1.29, 1.82) is 0 Å². The van der Waals surface area contributed by atoms with E-state index in [0.29, 0.717) is 28.8 Å². The van der Waals surface area contributed by atoms with E-state index >= 15 is 0 Å². The van der Waals surface area contributed by atoms with Crippen molar-refractivity contribution in [3.05, 3.63) is 71.4 Å². The Morgan fingerprint density at radius 2 is 1.96 bits per heavy atom. The molecule has 0 unspecified atom stereocenters. The molecule has 2 N–H and O–H groups in total. The van der Waals surface area contributed by atoms with Crippen molar-refractivity contribution in [3.8, 4) is 5.75 Å². The Morgan fingerprint density at radius 3 is 2.72 bits per heavy atom. The number of aromatic nitrogens is 2. The zero-order valence-electron chi connectivity index (χ0n) is 13.6. The molecule has 3 rings (SSSR count). The molecular weight excluding hydrogens is 340 g/mol. The van der Waals surface area contributed by atoms with Crippen LogP contribution in [0, 0.1) is 0 Å². The van der Waals surface area contributed by atoms with E-state index in [0.717, 1.165) is 5.56 Å². The minimum absolute atomic E-state index is 0.425. The van der Waals surface area contributed by atoms with Crippen LogP contribution < -0.4 is 15.4 Å². The van der Waals surface area contributed by atoms with Gasteiger partial charge in [0.1, 0.15) is 5.75 Å². The lowest BCUT2D eigenvalue weighted by Crippen LogP contribution is -2.20. The minimum Gasteiger partial charge on any atom is -0.495 e. The lowest BCUT2D eigenvalue weighted by Gasteiger charge is -2.10. The van der Waals surface area contributed by atoms with Crippen molar-refractivity contribution in [2.24, 2.45) is 0 Å². The highest BCUT2D eigenvalue weighted by atomic mass is 35.5. The SMILES string of the molecule is COc1ccc(Cl)cc1NC(=O)Nc1ccn(Cc2ccccc2)n1. The molecule has 2 aromatic carbocycles. The van der Waals surface area contributed by atoms with Gasteiger partial charge in [-0.1, -0.05) is 41.9 Å². The van der Waals surface area contributed by atoms with Crippen LogP contribution in [-0.2, 0) is 6.54 Å². The van der Waals surface area contributed by atoms with E-state index in [9.17, 15) is 4.79 Å². The van der Waals surface area contributed by atoms with E-state index in [1.807, 2.05) is 36.5 Å². The topological polar surface area (TPSA) is 68.2 Å². The first-order chi connectivity index (χ1) is 12.1. The molecule has 0 saturated carbocycles. The molecule has 128 valence electrons. The maximum Gasteiger partial charge on any atom is 0.325 e. The standard InChI is InChI=1S/C18H17ClN4O2/c1-25-16-8-7-14(19)11-15(16)20-18(24)21-17-9-10-23(22-17)12-13-5-3-2-4-6-13/h2-11H,12H2,1H3,(H2,20,21,22,24). The number of nitrogens with one attached hydrogen (secondary N) is 2. The average molecular weight is 357 g/mol. The molecule has 0 aliphatic heterocycles. The molecule has 25 heavy (non-hydrogen) atoms. The summed E-state index contributed by atoms with van der Waals surface area (Å²) in [4.78, 5) is 12.2. The summed E-state index contributed by atoms with van der Waals surface area (Å²) in [6.45, 7) is 0.631. The number of nitrogens with zero attached hydrogens (tertiary/aromatic N) is 2. The van der Waals surface area contributed by atoms with Gasteiger partial charge in [-0.15, -0.1) is 0 Å². The Morgan fingerprint density at radius 1 is 1.16 bits per heavy atom. The fraction of sp³-hybridized carbons (Fsp3) is 0.111. The Labute approximate surface area is 150 Å². The largest absolute Gasteiger partial charge is 0.495 e. The van der Waals surface area contributed by atoms with Crippen molar-refractivity contribution in [2.45, 2.75) is 6.54 Å². The normalized spacial score (nSPS) is 10.3. The summed E-state index contributed by atoms with van der Waals surface area (Å²) in [6.07, 6.45) is 1.81. The van der Waals surface area contributed by atoms with E-state index in [1.165, 1.54) is 7.11 Å². The quantitative estimate of drug-likeness (QED) is 0.718. The number of anilines is 2. The predicted molar refractivity (Wildman–Crippen MR) is 98.4 cm³/mol. The number of carbonyl (C=O) groups excluding carboxylic acids is 1. The molecule has 7 heteroatoms. The summed E-state index contributed by atoms with van der Waals surface area (Å²) >= 11 is 5.95. The second-order valence-corrected chi connectivity index (χ2v) is 5.74. The van der Waals surface area contributed by atoms with Gasteiger partial charge in [0.2, 0.25) is 0 Å². The van der Waals surface area contributed by atoms with Gasteiger partial charge in [-0.2, -0.15) is 5.10 Å². The van der Waals surface area contributed by atoms with Crippen molar-refractivity contribution < 1.29 is 9.53 Å². The number of carbonyl (C=O) groups is 1. The van der Waals surface area contributed by atoms with Crippen LogP contribution in [0.5, 0.6) is 5.75 Å². The zero-order chi connectivity index (χ0) is 17.6. The minimum atomic E-state index is -0.425. The van der Waals surface area contributed by atoms with Crippen LogP contribution >= 0.6 is 11.6 Å². The summed E-state index contributed by atoms with van der Waals surface area (Å²) in [7, 11) is 1.53. The van der Waals surface area contributed by atoms with Crippen LogP contribution in [0.4, 0.5) is 16.3 Å². The number of hydrogen-bond donors (Lipinski definition) is 2. The molecular formula is C18H17ClN4O2. The van der Waals surface area contributed by atoms with Gasteiger partial charge in [-0.25, -0.2) is 4.79 Å². The number of halogens is 1. The molecule has 0 atom stereocenters. The van der Waals surface area contributed by atoms with Gasteiger partial charge >= 0.3 is 6.03 Å². The monoisotopic (exact) mass is 356 g/mol. The smallest absolute Gasteiger partial charge is 0.325 e. The predicted octanol–water partition coefficient (Wildman–Crippen LogP) is 4.24. The highest BCUT2D eigenvalue weighted by Gasteiger charge is 2.10. The first-order valence-electron chi connectivity index (χ1n) is 7.63. The molecule has 0 radical (unpaired) electrons. The number of hydrogen-bond acceptors (Lipinski definition) is 3. The third-order valence-corrected chi connectivity index (χ3v) is 3.71. The molecule has 1 heterocycles. The van der Waals surface area contributed by atoms with E-state index in [-0.39, 0.29) is 0 Å². The van der Waals surface area contributed by atoms with E-state index in [1.54, 1.807) is 28.9 Å². The van der Waals surface area contributed by atoms with Crippen LogP contribution in [0.3, 0.4) is 0 Å². The van der Waals surface area contributed by atoms with Gasteiger partial charge in [-0.05, 0) is 23.8 Å².